The van der Waals surface area contributed by atoms with Crippen LogP contribution in [0.2, 0.25) is 0 Å². The normalized spacial score (nSPS) is 23.1. The van der Waals surface area contributed by atoms with Crippen LogP contribution in [-0.4, -0.2) is 36.4 Å². The predicted octanol–water partition coefficient (Wildman–Crippen LogP) is 3.72. The molecule has 0 aliphatic carbocycles. The van der Waals surface area contributed by atoms with Gasteiger partial charge >= 0.3 is 0 Å². The summed E-state index contributed by atoms with van der Waals surface area (Å²) < 4.78 is 37.0. The number of aliphatic imine (C=N–C) groups is 1. The van der Waals surface area contributed by atoms with Crippen molar-refractivity contribution in [2.75, 3.05) is 16.4 Å². The summed E-state index contributed by atoms with van der Waals surface area (Å²) in [7, 11) is -2.98. The molecule has 2 heterocycles. The molecule has 27 heavy (non-hydrogen) atoms. The van der Waals surface area contributed by atoms with Crippen LogP contribution in [0, 0.1) is 19.7 Å². The van der Waals surface area contributed by atoms with E-state index >= 15 is 0 Å². The molecule has 0 radical (unpaired) electrons. The minimum atomic E-state index is -2.98. The number of nitrogens with zero attached hydrogens (tertiary/aromatic N) is 2. The van der Waals surface area contributed by atoms with Crippen molar-refractivity contribution >= 4 is 32.5 Å². The number of amidine groups is 1. The van der Waals surface area contributed by atoms with Crippen LogP contribution in [0.4, 0.5) is 10.1 Å². The number of hydrogen-bond acceptors (Lipinski definition) is 5. The fourth-order valence-corrected chi connectivity index (χ4v) is 7.40. The smallest absolute Gasteiger partial charge is 0.164 e. The lowest BCUT2D eigenvalue weighted by atomic mass is 10.1. The summed E-state index contributed by atoms with van der Waals surface area (Å²) in [5.41, 5.74) is 4.30. The van der Waals surface area contributed by atoms with Crippen LogP contribution in [0.25, 0.3) is 0 Å². The number of fused-ring (bicyclic) bond motifs is 1. The molecule has 4 nitrogen and oxygen atoms in total. The Hall–Kier alpha value is -1.86. The lowest BCUT2D eigenvalue weighted by Gasteiger charge is -2.25. The van der Waals surface area contributed by atoms with Crippen molar-refractivity contribution in [3.8, 4) is 0 Å². The van der Waals surface area contributed by atoms with Crippen LogP contribution < -0.4 is 4.90 Å². The third kappa shape index (κ3) is 4.04. The maximum Gasteiger partial charge on any atom is 0.164 e. The van der Waals surface area contributed by atoms with Gasteiger partial charge in [-0.2, -0.15) is 0 Å². The fourth-order valence-electron chi connectivity index (χ4n) is 3.62. The molecule has 2 aliphatic heterocycles. The van der Waals surface area contributed by atoms with Crippen LogP contribution >= 0.6 is 11.8 Å². The Labute approximate surface area is 163 Å². The maximum atomic E-state index is 13.3. The van der Waals surface area contributed by atoms with Crippen molar-refractivity contribution in [2.45, 2.75) is 31.7 Å². The lowest BCUT2D eigenvalue weighted by molar-refractivity contribution is 0.601. The van der Waals surface area contributed by atoms with Gasteiger partial charge in [0.25, 0.3) is 0 Å². The SMILES string of the molecule is Cc1cc(C)cc(N(Cc2ccc(F)cc2)C2=N[C@@H]3CS(=O)(=O)C[C@@H]3S2)c1. The van der Waals surface area contributed by atoms with Crippen molar-refractivity contribution in [1.29, 1.82) is 0 Å². The highest BCUT2D eigenvalue weighted by Crippen LogP contribution is 2.37. The number of hydrogen-bond donors (Lipinski definition) is 0. The fraction of sp³-hybridized carbons (Fsp3) is 0.350. The van der Waals surface area contributed by atoms with Gasteiger partial charge in [0.1, 0.15) is 5.82 Å². The van der Waals surface area contributed by atoms with E-state index in [2.05, 4.69) is 36.9 Å². The molecule has 2 aliphatic rings. The second kappa shape index (κ2) is 6.95. The monoisotopic (exact) mass is 404 g/mol. The van der Waals surface area contributed by atoms with Crippen molar-refractivity contribution in [3.63, 3.8) is 0 Å². The average molecular weight is 405 g/mol. The van der Waals surface area contributed by atoms with Crippen LogP contribution in [-0.2, 0) is 16.4 Å². The minimum absolute atomic E-state index is 0.00776. The first-order valence-electron chi connectivity index (χ1n) is 8.84. The highest BCUT2D eigenvalue weighted by Gasteiger charge is 2.44. The zero-order valence-corrected chi connectivity index (χ0v) is 16.9. The number of aryl methyl sites for hydroxylation is 2. The molecule has 0 spiro atoms. The average Bonchev–Trinajstić information content (AvgIpc) is 3.06. The lowest BCUT2D eigenvalue weighted by Crippen LogP contribution is -2.28. The Kier molecular flexibility index (Phi) is 4.76. The number of benzene rings is 2. The third-order valence-corrected chi connectivity index (χ3v) is 8.06. The molecule has 142 valence electrons. The largest absolute Gasteiger partial charge is 0.317 e. The molecule has 0 unspecified atom stereocenters. The molecule has 2 atom stereocenters. The summed E-state index contributed by atoms with van der Waals surface area (Å²) in [4.78, 5) is 6.86. The van der Waals surface area contributed by atoms with Gasteiger partial charge < -0.3 is 4.90 Å². The van der Waals surface area contributed by atoms with Crippen LogP contribution in [0.3, 0.4) is 0 Å². The Morgan fingerprint density at radius 1 is 1.11 bits per heavy atom. The Bertz CT molecular complexity index is 983. The highest BCUT2D eigenvalue weighted by atomic mass is 32.2. The van der Waals surface area contributed by atoms with Crippen LogP contribution in [0.5, 0.6) is 0 Å². The van der Waals surface area contributed by atoms with E-state index in [0.717, 1.165) is 27.5 Å². The van der Waals surface area contributed by atoms with Gasteiger partial charge in [-0.3, -0.25) is 4.99 Å². The van der Waals surface area contributed by atoms with E-state index in [9.17, 15) is 12.8 Å². The van der Waals surface area contributed by atoms with Crippen molar-refractivity contribution in [2.24, 2.45) is 4.99 Å². The van der Waals surface area contributed by atoms with Gasteiger partial charge in [-0.15, -0.1) is 0 Å². The van der Waals surface area contributed by atoms with E-state index < -0.39 is 9.84 Å². The molecule has 0 N–H and O–H groups in total. The molecular formula is C20H21FN2O2S2. The minimum Gasteiger partial charge on any atom is -0.317 e. The Morgan fingerprint density at radius 2 is 1.78 bits per heavy atom. The van der Waals surface area contributed by atoms with Crippen molar-refractivity contribution in [3.05, 3.63) is 65.0 Å². The number of thioether (sulfide) groups is 1. The molecule has 0 bridgehead atoms. The van der Waals surface area contributed by atoms with Gasteiger partial charge in [0.05, 0.1) is 24.1 Å². The second-order valence-corrected chi connectivity index (χ2v) is 10.6. The summed E-state index contributed by atoms with van der Waals surface area (Å²) in [5.74, 6) is 0.0573. The standard InChI is InChI=1S/C20H21FN2O2S2/c1-13-7-14(2)9-17(8-13)23(10-15-3-5-16(21)6-4-15)20-22-18-11-27(24,25)12-19(18)26-20/h3-9,18-19H,10-12H2,1-2H3/t18-,19+/m1/s1. The summed E-state index contributed by atoms with van der Waals surface area (Å²) in [5, 5.41) is 0.834. The Morgan fingerprint density at radius 3 is 2.41 bits per heavy atom. The zero-order chi connectivity index (χ0) is 19.2. The van der Waals surface area contributed by atoms with Gasteiger partial charge in [0.2, 0.25) is 0 Å². The van der Waals surface area contributed by atoms with E-state index in [1.54, 1.807) is 23.9 Å². The van der Waals surface area contributed by atoms with E-state index in [-0.39, 0.29) is 28.6 Å². The summed E-state index contributed by atoms with van der Waals surface area (Å²) in [6.07, 6.45) is 0. The molecule has 7 heteroatoms. The Balaban J connectivity index is 1.69. The van der Waals surface area contributed by atoms with E-state index in [1.807, 2.05) is 0 Å². The molecular weight excluding hydrogens is 383 g/mol. The zero-order valence-electron chi connectivity index (χ0n) is 15.2. The summed E-state index contributed by atoms with van der Waals surface area (Å²) in [6, 6.07) is 12.6. The molecule has 1 saturated heterocycles. The van der Waals surface area contributed by atoms with Crippen molar-refractivity contribution in [1.82, 2.24) is 0 Å². The predicted molar refractivity (Wildman–Crippen MR) is 110 cm³/mol. The van der Waals surface area contributed by atoms with E-state index in [1.165, 1.54) is 12.1 Å². The van der Waals surface area contributed by atoms with Gasteiger partial charge in [-0.25, -0.2) is 12.8 Å². The molecule has 4 rings (SSSR count). The van der Waals surface area contributed by atoms with Crippen LogP contribution in [0.1, 0.15) is 16.7 Å². The van der Waals surface area contributed by atoms with Crippen molar-refractivity contribution < 1.29 is 12.8 Å². The summed E-state index contributed by atoms with van der Waals surface area (Å²) >= 11 is 1.54. The molecule has 0 saturated carbocycles. The second-order valence-electron chi connectivity index (χ2n) is 7.27. The molecule has 0 amide bonds. The topological polar surface area (TPSA) is 49.7 Å². The highest BCUT2D eigenvalue weighted by molar-refractivity contribution is 8.15. The molecule has 2 aromatic rings. The van der Waals surface area contributed by atoms with Crippen LogP contribution in [0.15, 0.2) is 47.5 Å². The maximum absolute atomic E-state index is 13.3. The van der Waals surface area contributed by atoms with Gasteiger partial charge in [0, 0.05) is 10.9 Å². The number of sulfone groups is 1. The third-order valence-electron chi connectivity index (χ3n) is 4.81. The molecule has 2 aromatic carbocycles. The number of halogens is 1. The first-order valence-corrected chi connectivity index (χ1v) is 11.5. The first kappa shape index (κ1) is 18.5. The first-order chi connectivity index (χ1) is 12.8. The number of rotatable bonds is 3. The van der Waals surface area contributed by atoms with E-state index in [4.69, 9.17) is 4.99 Å². The quantitative estimate of drug-likeness (QED) is 0.782. The molecule has 0 aromatic heterocycles. The van der Waals surface area contributed by atoms with Gasteiger partial charge in [0.15, 0.2) is 15.0 Å². The number of anilines is 1. The van der Waals surface area contributed by atoms with E-state index in [0.29, 0.717) is 6.54 Å². The van der Waals surface area contributed by atoms with Gasteiger partial charge in [-0.05, 0) is 54.8 Å². The molecule has 1 fully saturated rings. The van der Waals surface area contributed by atoms with Gasteiger partial charge in [-0.1, -0.05) is 30.0 Å². The summed E-state index contributed by atoms with van der Waals surface area (Å²) in [6.45, 7) is 4.66.